The van der Waals surface area contributed by atoms with Crippen LogP contribution in [0.3, 0.4) is 0 Å². The minimum absolute atomic E-state index is 0.0377. The number of anilines is 2. The minimum atomic E-state index is -3.74. The van der Waals surface area contributed by atoms with Gasteiger partial charge in [0.15, 0.2) is 0 Å². The molecule has 2 rings (SSSR count). The Kier molecular flexibility index (Phi) is 3.59. The van der Waals surface area contributed by atoms with Gasteiger partial charge in [-0.05, 0) is 24.6 Å². The molecule has 0 atom stereocenters. The summed E-state index contributed by atoms with van der Waals surface area (Å²) in [6, 6.07) is 2.76. The number of nitrogen functional groups attached to an aromatic ring is 1. The van der Waals surface area contributed by atoms with Gasteiger partial charge in [-0.15, -0.1) is 0 Å². The maximum Gasteiger partial charge on any atom is 0.262 e. The SMILES string of the molecule is Cc1cc(S(=O)(=O)Nc2cncnc2)cc(N)c1Cl. The van der Waals surface area contributed by atoms with Crippen molar-refractivity contribution in [2.75, 3.05) is 10.5 Å². The topological polar surface area (TPSA) is 98.0 Å². The van der Waals surface area contributed by atoms with E-state index in [1.54, 1.807) is 6.92 Å². The molecule has 19 heavy (non-hydrogen) atoms. The third-order valence-corrected chi connectivity index (χ3v) is 4.26. The maximum absolute atomic E-state index is 12.2. The molecule has 0 saturated carbocycles. The third-order valence-electron chi connectivity index (χ3n) is 2.38. The van der Waals surface area contributed by atoms with Gasteiger partial charge >= 0.3 is 0 Å². The molecule has 1 aromatic heterocycles. The van der Waals surface area contributed by atoms with Crippen molar-refractivity contribution in [1.82, 2.24) is 9.97 Å². The Morgan fingerprint density at radius 2 is 1.89 bits per heavy atom. The van der Waals surface area contributed by atoms with E-state index in [1.165, 1.54) is 30.9 Å². The fourth-order valence-electron chi connectivity index (χ4n) is 1.48. The van der Waals surface area contributed by atoms with Crippen LogP contribution >= 0.6 is 11.6 Å². The molecule has 3 N–H and O–H groups in total. The third kappa shape index (κ3) is 2.94. The zero-order chi connectivity index (χ0) is 14.0. The van der Waals surface area contributed by atoms with Crippen LogP contribution in [-0.2, 0) is 10.0 Å². The molecular weight excluding hydrogens is 288 g/mol. The second kappa shape index (κ2) is 5.02. The number of aryl methyl sites for hydroxylation is 1. The number of halogens is 1. The second-order valence-corrected chi connectivity index (χ2v) is 5.94. The summed E-state index contributed by atoms with van der Waals surface area (Å²) in [5.41, 5.74) is 6.74. The van der Waals surface area contributed by atoms with E-state index in [0.29, 0.717) is 10.6 Å². The van der Waals surface area contributed by atoms with Gasteiger partial charge in [0, 0.05) is 0 Å². The molecule has 1 aromatic carbocycles. The highest BCUT2D eigenvalue weighted by Gasteiger charge is 2.17. The Morgan fingerprint density at radius 1 is 1.26 bits per heavy atom. The minimum Gasteiger partial charge on any atom is -0.397 e. The van der Waals surface area contributed by atoms with Crippen LogP contribution in [0, 0.1) is 6.92 Å². The summed E-state index contributed by atoms with van der Waals surface area (Å²) in [6.07, 6.45) is 4.02. The molecule has 0 aliphatic rings. The molecule has 0 saturated heterocycles. The molecule has 0 aliphatic carbocycles. The first-order valence-corrected chi connectivity index (χ1v) is 7.10. The molecule has 100 valence electrons. The number of rotatable bonds is 3. The van der Waals surface area contributed by atoms with Crippen molar-refractivity contribution in [3.63, 3.8) is 0 Å². The van der Waals surface area contributed by atoms with Crippen molar-refractivity contribution in [3.05, 3.63) is 41.4 Å². The van der Waals surface area contributed by atoms with Gasteiger partial charge in [-0.1, -0.05) is 11.6 Å². The molecule has 0 bridgehead atoms. The average Bonchev–Trinajstić information content (AvgIpc) is 2.36. The Balaban J connectivity index is 2.40. The summed E-state index contributed by atoms with van der Waals surface area (Å²) < 4.78 is 26.7. The van der Waals surface area contributed by atoms with E-state index in [1.807, 2.05) is 0 Å². The Bertz CT molecular complexity index is 681. The van der Waals surface area contributed by atoms with E-state index in [9.17, 15) is 8.42 Å². The van der Waals surface area contributed by atoms with E-state index >= 15 is 0 Å². The number of nitrogens with two attached hydrogens (primary N) is 1. The smallest absolute Gasteiger partial charge is 0.262 e. The molecule has 2 aromatic rings. The summed E-state index contributed by atoms with van der Waals surface area (Å²) in [4.78, 5) is 7.49. The number of hydrogen-bond donors (Lipinski definition) is 2. The fraction of sp³-hybridized carbons (Fsp3) is 0.0909. The van der Waals surface area contributed by atoms with E-state index < -0.39 is 10.0 Å². The second-order valence-electron chi connectivity index (χ2n) is 3.88. The van der Waals surface area contributed by atoms with Crippen molar-refractivity contribution in [3.8, 4) is 0 Å². The average molecular weight is 299 g/mol. The van der Waals surface area contributed by atoms with Gasteiger partial charge in [0.25, 0.3) is 10.0 Å². The van der Waals surface area contributed by atoms with Crippen LogP contribution in [0.4, 0.5) is 11.4 Å². The lowest BCUT2D eigenvalue weighted by Gasteiger charge is -2.10. The standard InChI is InChI=1S/C11H11ClN4O2S/c1-7-2-9(3-10(13)11(7)12)19(17,18)16-8-4-14-6-15-5-8/h2-6,16H,13H2,1H3. The van der Waals surface area contributed by atoms with Crippen molar-refractivity contribution >= 4 is 33.0 Å². The van der Waals surface area contributed by atoms with Crippen molar-refractivity contribution in [2.24, 2.45) is 0 Å². The predicted molar refractivity (Wildman–Crippen MR) is 73.4 cm³/mol. The van der Waals surface area contributed by atoms with Gasteiger partial charge in [0.1, 0.15) is 6.33 Å². The highest BCUT2D eigenvalue weighted by atomic mass is 35.5. The number of benzene rings is 1. The van der Waals surface area contributed by atoms with Crippen LogP contribution in [0.25, 0.3) is 0 Å². The zero-order valence-corrected chi connectivity index (χ0v) is 11.5. The maximum atomic E-state index is 12.2. The van der Waals surface area contributed by atoms with Crippen LogP contribution in [0.15, 0.2) is 35.7 Å². The molecule has 0 aliphatic heterocycles. The molecule has 0 fully saturated rings. The largest absolute Gasteiger partial charge is 0.397 e. The summed E-state index contributed by atoms with van der Waals surface area (Å²) in [6.45, 7) is 1.68. The number of nitrogens with one attached hydrogen (secondary N) is 1. The normalized spacial score (nSPS) is 11.3. The van der Waals surface area contributed by atoms with Gasteiger partial charge in [0.2, 0.25) is 0 Å². The van der Waals surface area contributed by atoms with Crippen molar-refractivity contribution in [1.29, 1.82) is 0 Å². The predicted octanol–water partition coefficient (Wildman–Crippen LogP) is 1.82. The van der Waals surface area contributed by atoms with Gasteiger partial charge in [0.05, 0.1) is 33.7 Å². The number of aromatic nitrogens is 2. The van der Waals surface area contributed by atoms with Crippen LogP contribution < -0.4 is 10.5 Å². The summed E-state index contributed by atoms with van der Waals surface area (Å²) in [7, 11) is -3.74. The lowest BCUT2D eigenvalue weighted by atomic mass is 10.2. The quantitative estimate of drug-likeness (QED) is 0.842. The Morgan fingerprint density at radius 3 is 2.47 bits per heavy atom. The van der Waals surface area contributed by atoms with Crippen LogP contribution in [-0.4, -0.2) is 18.4 Å². The van der Waals surface area contributed by atoms with Gasteiger partial charge in [-0.2, -0.15) is 0 Å². The number of sulfonamides is 1. The van der Waals surface area contributed by atoms with Crippen LogP contribution in [0.2, 0.25) is 5.02 Å². The van der Waals surface area contributed by atoms with Crippen LogP contribution in [0.5, 0.6) is 0 Å². The summed E-state index contributed by atoms with van der Waals surface area (Å²) >= 11 is 5.90. The zero-order valence-electron chi connectivity index (χ0n) is 9.96. The lowest BCUT2D eigenvalue weighted by molar-refractivity contribution is 0.601. The molecule has 0 spiro atoms. The van der Waals surface area contributed by atoms with Crippen LogP contribution in [0.1, 0.15) is 5.56 Å². The van der Waals surface area contributed by atoms with Crippen molar-refractivity contribution in [2.45, 2.75) is 11.8 Å². The van der Waals surface area contributed by atoms with Gasteiger partial charge < -0.3 is 5.73 Å². The molecule has 6 nitrogen and oxygen atoms in total. The first-order valence-electron chi connectivity index (χ1n) is 5.23. The van der Waals surface area contributed by atoms with Gasteiger partial charge in [-0.25, -0.2) is 18.4 Å². The number of nitrogens with zero attached hydrogens (tertiary/aromatic N) is 2. The van der Waals surface area contributed by atoms with E-state index in [4.69, 9.17) is 17.3 Å². The molecular formula is C11H11ClN4O2S. The first-order chi connectivity index (χ1) is 8.90. The summed E-state index contributed by atoms with van der Waals surface area (Å²) in [5, 5.41) is 0.349. The Labute approximate surface area is 115 Å². The molecule has 8 heteroatoms. The van der Waals surface area contributed by atoms with E-state index in [2.05, 4.69) is 14.7 Å². The Hall–Kier alpha value is -1.86. The van der Waals surface area contributed by atoms with Crippen molar-refractivity contribution < 1.29 is 8.42 Å². The fourth-order valence-corrected chi connectivity index (χ4v) is 2.74. The monoisotopic (exact) mass is 298 g/mol. The molecule has 0 unspecified atom stereocenters. The molecule has 0 amide bonds. The highest BCUT2D eigenvalue weighted by molar-refractivity contribution is 7.92. The lowest BCUT2D eigenvalue weighted by Crippen LogP contribution is -2.14. The molecule has 1 heterocycles. The molecule has 0 radical (unpaired) electrons. The van der Waals surface area contributed by atoms with E-state index in [0.717, 1.165) is 0 Å². The number of hydrogen-bond acceptors (Lipinski definition) is 5. The van der Waals surface area contributed by atoms with E-state index in [-0.39, 0.29) is 16.3 Å². The highest BCUT2D eigenvalue weighted by Crippen LogP contribution is 2.27. The summed E-state index contributed by atoms with van der Waals surface area (Å²) in [5.74, 6) is 0. The first kappa shape index (κ1) is 13.6. The van der Waals surface area contributed by atoms with Gasteiger partial charge in [-0.3, -0.25) is 4.72 Å².